The van der Waals surface area contributed by atoms with Crippen molar-refractivity contribution in [3.8, 4) is 5.75 Å². The molecule has 17 heavy (non-hydrogen) atoms. The number of rotatable bonds is 7. The fraction of sp³-hybridized carbons (Fsp3) is 0.538. The normalized spacial score (nSPS) is 12.5. The average Bonchev–Trinajstić information content (AvgIpc) is 2.32. The minimum absolute atomic E-state index is 0.0944. The third-order valence-electron chi connectivity index (χ3n) is 2.58. The molecule has 2 N–H and O–H groups in total. The lowest BCUT2D eigenvalue weighted by atomic mass is 10.0. The summed E-state index contributed by atoms with van der Waals surface area (Å²) in [4.78, 5) is 0. The molecule has 2 nitrogen and oxygen atoms in total. The molecule has 1 aromatic rings. The van der Waals surface area contributed by atoms with Crippen LogP contribution >= 0.6 is 11.6 Å². The van der Waals surface area contributed by atoms with Crippen molar-refractivity contribution in [3.05, 3.63) is 28.8 Å². The predicted molar refractivity (Wildman–Crippen MR) is 69.5 cm³/mol. The maximum atomic E-state index is 12.0. The van der Waals surface area contributed by atoms with Gasteiger partial charge in [0.1, 0.15) is 5.75 Å². The van der Waals surface area contributed by atoms with Crippen LogP contribution in [0.4, 0.5) is 4.39 Å². The zero-order chi connectivity index (χ0) is 12.7. The van der Waals surface area contributed by atoms with Crippen LogP contribution in [0.15, 0.2) is 18.2 Å². The van der Waals surface area contributed by atoms with Gasteiger partial charge in [-0.2, -0.15) is 0 Å². The van der Waals surface area contributed by atoms with Gasteiger partial charge in [-0.25, -0.2) is 0 Å². The van der Waals surface area contributed by atoms with Gasteiger partial charge in [-0.15, -0.1) is 0 Å². The lowest BCUT2D eigenvalue weighted by Crippen LogP contribution is -2.21. The van der Waals surface area contributed by atoms with E-state index in [-0.39, 0.29) is 12.7 Å². The molecule has 1 unspecified atom stereocenters. The fourth-order valence-electron chi connectivity index (χ4n) is 1.53. The number of alkyl halides is 1. The minimum Gasteiger partial charge on any atom is -0.492 e. The lowest BCUT2D eigenvalue weighted by Gasteiger charge is -2.15. The van der Waals surface area contributed by atoms with E-state index in [1.165, 1.54) is 0 Å². The van der Waals surface area contributed by atoms with Gasteiger partial charge >= 0.3 is 0 Å². The topological polar surface area (TPSA) is 35.2 Å². The van der Waals surface area contributed by atoms with Crippen molar-refractivity contribution in [2.45, 2.75) is 32.2 Å². The minimum atomic E-state index is -0.381. The van der Waals surface area contributed by atoms with Crippen LogP contribution in [0.25, 0.3) is 0 Å². The first-order valence-electron chi connectivity index (χ1n) is 5.90. The molecule has 1 atom stereocenters. The molecule has 0 fully saturated rings. The molecule has 0 saturated carbocycles. The SMILES string of the molecule is CCC(N)Cc1cccc(Cl)c1OCCCF. The zero-order valence-corrected chi connectivity index (χ0v) is 10.8. The number of halogens is 2. The van der Waals surface area contributed by atoms with Crippen molar-refractivity contribution < 1.29 is 9.13 Å². The molecule has 1 rings (SSSR count). The van der Waals surface area contributed by atoms with Gasteiger partial charge in [0.25, 0.3) is 0 Å². The molecule has 0 spiro atoms. The number of hydrogen-bond donors (Lipinski definition) is 1. The van der Waals surface area contributed by atoms with E-state index in [0.29, 0.717) is 23.8 Å². The third kappa shape index (κ3) is 4.52. The smallest absolute Gasteiger partial charge is 0.141 e. The Hall–Kier alpha value is -0.800. The molecule has 0 aliphatic heterocycles. The monoisotopic (exact) mass is 259 g/mol. The van der Waals surface area contributed by atoms with E-state index in [0.717, 1.165) is 18.4 Å². The van der Waals surface area contributed by atoms with E-state index in [9.17, 15) is 4.39 Å². The Morgan fingerprint density at radius 2 is 2.24 bits per heavy atom. The van der Waals surface area contributed by atoms with E-state index in [1.54, 1.807) is 6.07 Å². The summed E-state index contributed by atoms with van der Waals surface area (Å²) in [6.45, 7) is 2.00. The number of hydrogen-bond acceptors (Lipinski definition) is 2. The summed E-state index contributed by atoms with van der Waals surface area (Å²) in [6, 6.07) is 5.69. The second kappa shape index (κ2) is 7.51. The summed E-state index contributed by atoms with van der Waals surface area (Å²) in [5, 5.41) is 0.560. The summed E-state index contributed by atoms with van der Waals surface area (Å²) in [5.41, 5.74) is 6.91. The summed E-state index contributed by atoms with van der Waals surface area (Å²) < 4.78 is 17.6. The summed E-state index contributed by atoms with van der Waals surface area (Å²) in [5.74, 6) is 0.645. The Morgan fingerprint density at radius 1 is 1.47 bits per heavy atom. The van der Waals surface area contributed by atoms with Crippen molar-refractivity contribution in [2.24, 2.45) is 5.73 Å². The van der Waals surface area contributed by atoms with Crippen LogP contribution in [0.2, 0.25) is 5.02 Å². The van der Waals surface area contributed by atoms with Crippen LogP contribution in [0.5, 0.6) is 5.75 Å². The van der Waals surface area contributed by atoms with Crippen LogP contribution in [-0.4, -0.2) is 19.3 Å². The largest absolute Gasteiger partial charge is 0.492 e. The van der Waals surface area contributed by atoms with Gasteiger partial charge in [0, 0.05) is 12.5 Å². The Bertz CT molecular complexity index is 346. The molecule has 0 aliphatic rings. The van der Waals surface area contributed by atoms with Gasteiger partial charge < -0.3 is 10.5 Å². The number of nitrogens with two attached hydrogens (primary N) is 1. The molecule has 0 bridgehead atoms. The molecular formula is C13H19ClFNO. The summed E-state index contributed by atoms with van der Waals surface area (Å²) in [7, 11) is 0. The zero-order valence-electron chi connectivity index (χ0n) is 10.1. The summed E-state index contributed by atoms with van der Waals surface area (Å²) in [6.07, 6.45) is 2.00. The van der Waals surface area contributed by atoms with Gasteiger partial charge in [0.15, 0.2) is 0 Å². The highest BCUT2D eigenvalue weighted by Gasteiger charge is 2.11. The maximum Gasteiger partial charge on any atom is 0.141 e. The molecule has 0 amide bonds. The Labute approximate surface area is 107 Å². The van der Waals surface area contributed by atoms with Gasteiger partial charge in [-0.1, -0.05) is 30.7 Å². The Kier molecular flexibility index (Phi) is 6.30. The van der Waals surface area contributed by atoms with Crippen molar-refractivity contribution in [1.82, 2.24) is 0 Å². The van der Waals surface area contributed by atoms with Crippen molar-refractivity contribution >= 4 is 11.6 Å². The number of benzene rings is 1. The van der Waals surface area contributed by atoms with E-state index >= 15 is 0 Å². The first-order valence-corrected chi connectivity index (χ1v) is 6.28. The van der Waals surface area contributed by atoms with Gasteiger partial charge in [-0.05, 0) is 24.5 Å². The number of para-hydroxylation sites is 1. The van der Waals surface area contributed by atoms with Crippen molar-refractivity contribution in [3.63, 3.8) is 0 Å². The van der Waals surface area contributed by atoms with E-state index < -0.39 is 0 Å². The average molecular weight is 260 g/mol. The standard InChI is InChI=1S/C13H19ClFNO/c1-2-11(16)9-10-5-3-6-12(14)13(10)17-8-4-7-15/h3,5-6,11H,2,4,7-9,16H2,1H3. The van der Waals surface area contributed by atoms with E-state index in [1.807, 2.05) is 19.1 Å². The molecule has 0 aliphatic carbocycles. The quantitative estimate of drug-likeness (QED) is 0.762. The number of ether oxygens (including phenoxy) is 1. The second-order valence-corrected chi connectivity index (χ2v) is 4.40. The highest BCUT2D eigenvalue weighted by atomic mass is 35.5. The first-order chi connectivity index (χ1) is 8.19. The molecule has 0 aromatic heterocycles. The molecule has 1 aromatic carbocycles. The van der Waals surface area contributed by atoms with Crippen LogP contribution in [0, 0.1) is 0 Å². The highest BCUT2D eigenvalue weighted by molar-refractivity contribution is 6.32. The fourth-order valence-corrected chi connectivity index (χ4v) is 1.78. The van der Waals surface area contributed by atoms with Gasteiger partial charge in [0.05, 0.1) is 18.3 Å². The van der Waals surface area contributed by atoms with Crippen LogP contribution in [-0.2, 0) is 6.42 Å². The third-order valence-corrected chi connectivity index (χ3v) is 2.88. The van der Waals surface area contributed by atoms with E-state index in [2.05, 4.69) is 0 Å². The summed E-state index contributed by atoms with van der Waals surface area (Å²) >= 11 is 6.08. The molecule has 96 valence electrons. The second-order valence-electron chi connectivity index (χ2n) is 3.99. The maximum absolute atomic E-state index is 12.0. The molecule has 4 heteroatoms. The van der Waals surface area contributed by atoms with Gasteiger partial charge in [-0.3, -0.25) is 4.39 Å². The first kappa shape index (κ1) is 14.3. The van der Waals surface area contributed by atoms with Crippen LogP contribution < -0.4 is 10.5 Å². The molecular weight excluding hydrogens is 241 g/mol. The van der Waals surface area contributed by atoms with Crippen LogP contribution in [0.1, 0.15) is 25.3 Å². The van der Waals surface area contributed by atoms with Crippen molar-refractivity contribution in [1.29, 1.82) is 0 Å². The van der Waals surface area contributed by atoms with Gasteiger partial charge in [0.2, 0.25) is 0 Å². The predicted octanol–water partition coefficient (Wildman–Crippen LogP) is 3.36. The molecule has 0 radical (unpaired) electrons. The lowest BCUT2D eigenvalue weighted by molar-refractivity contribution is 0.287. The molecule has 0 saturated heterocycles. The van der Waals surface area contributed by atoms with E-state index in [4.69, 9.17) is 22.1 Å². The van der Waals surface area contributed by atoms with Crippen molar-refractivity contribution in [2.75, 3.05) is 13.3 Å². The van der Waals surface area contributed by atoms with Crippen LogP contribution in [0.3, 0.4) is 0 Å². The Balaban J connectivity index is 2.76. The molecule has 0 heterocycles. The Morgan fingerprint density at radius 3 is 2.88 bits per heavy atom. The highest BCUT2D eigenvalue weighted by Crippen LogP contribution is 2.29.